The van der Waals surface area contributed by atoms with Crippen molar-refractivity contribution in [3.63, 3.8) is 0 Å². The fraction of sp³-hybridized carbons (Fsp3) is 0.667. The molecule has 1 aromatic heterocycles. The number of primary sulfonamides is 1. The molecule has 1 aromatic rings. The third kappa shape index (κ3) is 3.38. The molecule has 2 atom stereocenters. The van der Waals surface area contributed by atoms with Gasteiger partial charge in [-0.2, -0.15) is 0 Å². The molecule has 4 N–H and O–H groups in total. The van der Waals surface area contributed by atoms with Gasteiger partial charge in [-0.3, -0.25) is 0 Å². The van der Waals surface area contributed by atoms with Gasteiger partial charge in [-0.1, -0.05) is 11.3 Å². The summed E-state index contributed by atoms with van der Waals surface area (Å²) in [7, 11) is -3.67. The van der Waals surface area contributed by atoms with Crippen LogP contribution in [0.3, 0.4) is 0 Å². The highest BCUT2D eigenvalue weighted by atomic mass is 32.2. The number of nitrogens with zero attached hydrogens (tertiary/aromatic N) is 1. The minimum Gasteiger partial charge on any atom is -0.393 e. The first kappa shape index (κ1) is 12.7. The monoisotopic (exact) mass is 277 g/mol. The van der Waals surface area contributed by atoms with Gasteiger partial charge in [0.1, 0.15) is 0 Å². The maximum atomic E-state index is 11.1. The van der Waals surface area contributed by atoms with Gasteiger partial charge in [0, 0.05) is 6.04 Å². The van der Waals surface area contributed by atoms with Crippen LogP contribution in [0, 0.1) is 0 Å². The molecule has 0 spiro atoms. The average Bonchev–Trinajstić information content (AvgIpc) is 2.65. The Labute approximate surface area is 104 Å². The molecule has 0 aliphatic heterocycles. The van der Waals surface area contributed by atoms with E-state index in [1.807, 2.05) is 0 Å². The summed E-state index contributed by atoms with van der Waals surface area (Å²) in [4.78, 5) is 3.97. The Morgan fingerprint density at radius 3 is 2.88 bits per heavy atom. The number of thiazole rings is 1. The number of nitrogens with one attached hydrogen (secondary N) is 1. The van der Waals surface area contributed by atoms with Crippen LogP contribution in [0.4, 0.5) is 5.13 Å². The van der Waals surface area contributed by atoms with E-state index < -0.39 is 10.0 Å². The normalized spacial score (nSPS) is 25.8. The van der Waals surface area contributed by atoms with E-state index in [4.69, 9.17) is 5.14 Å². The lowest BCUT2D eigenvalue weighted by atomic mass is 9.93. The molecule has 0 bridgehead atoms. The van der Waals surface area contributed by atoms with E-state index in [2.05, 4.69) is 10.3 Å². The van der Waals surface area contributed by atoms with Crippen LogP contribution in [0.1, 0.15) is 25.7 Å². The van der Waals surface area contributed by atoms with Gasteiger partial charge in [-0.25, -0.2) is 18.5 Å². The first-order valence-corrected chi connectivity index (χ1v) is 7.74. The first-order valence-electron chi connectivity index (χ1n) is 5.38. The molecular formula is C9H15N3O3S2. The number of rotatable bonds is 3. The zero-order valence-electron chi connectivity index (χ0n) is 9.17. The minimum absolute atomic E-state index is 0.0522. The Hall–Kier alpha value is -0.700. The molecule has 96 valence electrons. The van der Waals surface area contributed by atoms with Gasteiger partial charge in [-0.05, 0) is 25.7 Å². The summed E-state index contributed by atoms with van der Waals surface area (Å²) in [6.45, 7) is 0. The Morgan fingerprint density at radius 1 is 1.53 bits per heavy atom. The predicted octanol–water partition coefficient (Wildman–Crippen LogP) is 0.506. The highest BCUT2D eigenvalue weighted by Crippen LogP contribution is 2.26. The summed E-state index contributed by atoms with van der Waals surface area (Å²) in [6, 6.07) is 0.151. The molecule has 1 heterocycles. The smallest absolute Gasteiger partial charge is 0.249 e. The summed E-state index contributed by atoms with van der Waals surface area (Å²) in [5, 5.41) is 18.2. The van der Waals surface area contributed by atoms with E-state index in [-0.39, 0.29) is 16.4 Å². The molecule has 2 rings (SSSR count). The fourth-order valence-electron chi connectivity index (χ4n) is 1.93. The van der Waals surface area contributed by atoms with Gasteiger partial charge >= 0.3 is 0 Å². The van der Waals surface area contributed by atoms with E-state index >= 15 is 0 Å². The van der Waals surface area contributed by atoms with Crippen molar-refractivity contribution in [2.45, 2.75) is 42.0 Å². The average molecular weight is 277 g/mol. The quantitative estimate of drug-likeness (QED) is 0.746. The molecule has 1 aliphatic carbocycles. The van der Waals surface area contributed by atoms with Crippen LogP contribution in [0.2, 0.25) is 0 Å². The summed E-state index contributed by atoms with van der Waals surface area (Å²) < 4.78 is 22.2. The van der Waals surface area contributed by atoms with E-state index in [1.165, 1.54) is 6.20 Å². The number of hydrogen-bond acceptors (Lipinski definition) is 6. The Balaban J connectivity index is 2.02. The minimum atomic E-state index is -3.67. The molecule has 6 nitrogen and oxygen atoms in total. The molecule has 17 heavy (non-hydrogen) atoms. The Bertz CT molecular complexity index is 485. The van der Waals surface area contributed by atoms with Crippen LogP contribution >= 0.6 is 11.3 Å². The Kier molecular flexibility index (Phi) is 3.67. The molecule has 0 aromatic carbocycles. The van der Waals surface area contributed by atoms with E-state index in [0.717, 1.165) is 30.6 Å². The van der Waals surface area contributed by atoms with Gasteiger partial charge in [0.15, 0.2) is 9.34 Å². The van der Waals surface area contributed by atoms with Crippen LogP contribution in [-0.4, -0.2) is 30.7 Å². The van der Waals surface area contributed by atoms with Crippen molar-refractivity contribution < 1.29 is 13.5 Å². The topological polar surface area (TPSA) is 105 Å². The molecule has 2 unspecified atom stereocenters. The molecular weight excluding hydrogens is 262 g/mol. The molecule has 1 fully saturated rings. The van der Waals surface area contributed by atoms with Crippen molar-refractivity contribution in [2.24, 2.45) is 5.14 Å². The lowest BCUT2D eigenvalue weighted by Gasteiger charge is -2.26. The Morgan fingerprint density at radius 2 is 2.29 bits per heavy atom. The van der Waals surface area contributed by atoms with Crippen molar-refractivity contribution >= 4 is 26.5 Å². The highest BCUT2D eigenvalue weighted by molar-refractivity contribution is 7.91. The van der Waals surface area contributed by atoms with Crippen molar-refractivity contribution in [3.8, 4) is 0 Å². The summed E-state index contributed by atoms with van der Waals surface area (Å²) in [5.74, 6) is 0. The second kappa shape index (κ2) is 4.89. The lowest BCUT2D eigenvalue weighted by molar-refractivity contribution is 0.124. The van der Waals surface area contributed by atoms with Crippen molar-refractivity contribution in [1.29, 1.82) is 0 Å². The number of aromatic nitrogens is 1. The summed E-state index contributed by atoms with van der Waals surface area (Å²) in [6.07, 6.45) is 4.40. The van der Waals surface area contributed by atoms with Crippen molar-refractivity contribution in [2.75, 3.05) is 5.32 Å². The second-order valence-electron chi connectivity index (χ2n) is 4.19. The molecule has 0 saturated heterocycles. The zero-order valence-corrected chi connectivity index (χ0v) is 10.8. The second-order valence-corrected chi connectivity index (χ2v) is 7.01. The van der Waals surface area contributed by atoms with Gasteiger partial charge in [0.25, 0.3) is 0 Å². The van der Waals surface area contributed by atoms with Crippen LogP contribution in [0.25, 0.3) is 0 Å². The zero-order chi connectivity index (χ0) is 12.5. The summed E-state index contributed by atoms with van der Waals surface area (Å²) in [5.41, 5.74) is 0. The maximum absolute atomic E-state index is 11.1. The number of aliphatic hydroxyl groups is 1. The van der Waals surface area contributed by atoms with Crippen LogP contribution in [0.5, 0.6) is 0 Å². The van der Waals surface area contributed by atoms with Crippen LogP contribution < -0.4 is 10.5 Å². The maximum Gasteiger partial charge on any atom is 0.249 e. The van der Waals surface area contributed by atoms with Gasteiger partial charge in [-0.15, -0.1) is 0 Å². The molecule has 0 radical (unpaired) electrons. The van der Waals surface area contributed by atoms with Crippen molar-refractivity contribution in [1.82, 2.24) is 4.98 Å². The van der Waals surface area contributed by atoms with E-state index in [9.17, 15) is 13.5 Å². The van der Waals surface area contributed by atoms with Crippen LogP contribution in [0.15, 0.2) is 10.4 Å². The van der Waals surface area contributed by atoms with Gasteiger partial charge in [0.05, 0.1) is 12.3 Å². The molecule has 0 amide bonds. The van der Waals surface area contributed by atoms with Gasteiger partial charge < -0.3 is 10.4 Å². The predicted molar refractivity (Wildman–Crippen MR) is 65.4 cm³/mol. The first-order chi connectivity index (χ1) is 7.95. The van der Waals surface area contributed by atoms with Gasteiger partial charge in [0.2, 0.25) is 10.0 Å². The highest BCUT2D eigenvalue weighted by Gasteiger charge is 2.21. The largest absolute Gasteiger partial charge is 0.393 e. The van der Waals surface area contributed by atoms with Crippen molar-refractivity contribution in [3.05, 3.63) is 6.20 Å². The molecule has 1 saturated carbocycles. The number of nitrogens with two attached hydrogens (primary N) is 1. The standard InChI is InChI=1S/C9H15N3O3S2/c10-17(14,15)8-5-11-9(16-8)12-6-2-1-3-7(13)4-6/h5-7,13H,1-4H2,(H,11,12)(H2,10,14,15). The third-order valence-corrected chi connectivity index (χ3v) is 5.08. The number of aliphatic hydroxyl groups excluding tert-OH is 1. The van der Waals surface area contributed by atoms with E-state index in [1.54, 1.807) is 0 Å². The van der Waals surface area contributed by atoms with Crippen LogP contribution in [-0.2, 0) is 10.0 Å². The number of anilines is 1. The number of sulfonamides is 1. The lowest BCUT2D eigenvalue weighted by Crippen LogP contribution is -2.29. The third-order valence-electron chi connectivity index (χ3n) is 2.74. The van der Waals surface area contributed by atoms with E-state index in [0.29, 0.717) is 11.6 Å². The molecule has 8 heteroatoms. The number of hydrogen-bond donors (Lipinski definition) is 3. The summed E-state index contributed by atoms with van der Waals surface area (Å²) >= 11 is 1.02. The fourth-order valence-corrected chi connectivity index (χ4v) is 3.46. The SMILES string of the molecule is NS(=O)(=O)c1cnc(NC2CCCC(O)C2)s1. The molecule has 1 aliphatic rings.